The third kappa shape index (κ3) is 6.33. The molecule has 2 atom stereocenters. The molecule has 0 aliphatic carbocycles. The third-order valence-electron chi connectivity index (χ3n) is 2.87. The van der Waals surface area contributed by atoms with Crippen LogP contribution in [0.4, 0.5) is 0 Å². The van der Waals surface area contributed by atoms with E-state index < -0.39 is 37.5 Å². The summed E-state index contributed by atoms with van der Waals surface area (Å²) < 4.78 is 22.3. The number of hydrogen-bond acceptors (Lipinski definition) is 5. The Labute approximate surface area is 173 Å². The van der Waals surface area contributed by atoms with Gasteiger partial charge < -0.3 is 22.1 Å². The van der Waals surface area contributed by atoms with E-state index in [4.69, 9.17) is 19.3 Å². The maximum atomic E-state index is 11.7. The van der Waals surface area contributed by atoms with E-state index in [1.54, 1.807) is 6.92 Å². The van der Waals surface area contributed by atoms with Crippen LogP contribution < -0.4 is 70.4 Å². The van der Waals surface area contributed by atoms with Crippen LogP contribution in [0, 0.1) is 6.92 Å². The maximum Gasteiger partial charge on any atom is 1.00 e. The number of aromatic nitrogens is 2. The average Bonchev–Trinajstić information content (AvgIpc) is 2.79. The topological polar surface area (TPSA) is 131 Å². The van der Waals surface area contributed by atoms with Crippen molar-refractivity contribution in [1.29, 1.82) is 0 Å². The fourth-order valence-electron chi connectivity index (χ4n) is 1.89. The fraction of sp³-hybridized carbons (Fsp3) is 0.600. The normalized spacial score (nSPS) is 21.0. The number of rotatable bonds is 4. The number of aryl methyl sites for hydroxylation is 1. The van der Waals surface area contributed by atoms with Crippen LogP contribution in [-0.4, -0.2) is 38.4 Å². The van der Waals surface area contributed by atoms with Gasteiger partial charge in [-0.2, -0.15) is 0 Å². The summed E-state index contributed by atoms with van der Waals surface area (Å²) in [6, 6.07) is 0. The summed E-state index contributed by atoms with van der Waals surface area (Å²) in [7, 11) is -4.23. The summed E-state index contributed by atoms with van der Waals surface area (Å²) in [5.41, 5.74) is -0.687. The molecule has 0 aromatic carbocycles. The van der Waals surface area contributed by atoms with Gasteiger partial charge in [-0.05, 0) is 6.92 Å². The fourth-order valence-corrected chi connectivity index (χ4v) is 2.30. The van der Waals surface area contributed by atoms with Gasteiger partial charge >= 0.3 is 72.4 Å². The first-order valence-corrected chi connectivity index (χ1v) is 7.66. The molecule has 0 amide bonds. The Morgan fingerprint density at radius 1 is 1.50 bits per heavy atom. The molecule has 1 aromatic heterocycles. The minimum Gasteiger partial charge on any atom is -1.00 e. The molecule has 3 N–H and O–H groups in total. The Hall–Kier alpha value is 0.750. The van der Waals surface area contributed by atoms with Crippen LogP contribution in [0.25, 0.3) is 0 Å². The number of nitrogens with zero attached hydrogens (tertiary/aromatic N) is 1. The maximum absolute atomic E-state index is 11.7. The first-order chi connectivity index (χ1) is 9.26. The summed E-state index contributed by atoms with van der Waals surface area (Å²) in [4.78, 5) is 42.5. The van der Waals surface area contributed by atoms with Gasteiger partial charge in [0.1, 0.15) is 12.6 Å². The summed E-state index contributed by atoms with van der Waals surface area (Å²) in [6.07, 6.45) is -0.165. The second kappa shape index (κ2) is 9.29. The van der Waals surface area contributed by atoms with Crippen molar-refractivity contribution in [3.63, 3.8) is 0 Å². The summed E-state index contributed by atoms with van der Waals surface area (Å²) >= 11 is 0. The van der Waals surface area contributed by atoms with Gasteiger partial charge in [-0.1, -0.05) is 0 Å². The molecule has 1 fully saturated rings. The molecule has 12 heteroatoms. The van der Waals surface area contributed by atoms with E-state index in [2.05, 4.69) is 4.98 Å². The number of aromatic amines is 1. The van der Waals surface area contributed by atoms with Crippen LogP contribution in [0.5, 0.6) is 0 Å². The summed E-state index contributed by atoms with van der Waals surface area (Å²) in [5, 5.41) is 0. The van der Waals surface area contributed by atoms with Crippen LogP contribution >= 0.6 is 7.60 Å². The van der Waals surface area contributed by atoms with Crippen LogP contribution in [0.1, 0.15) is 21.1 Å². The predicted molar refractivity (Wildman–Crippen MR) is 69.7 cm³/mol. The van der Waals surface area contributed by atoms with Crippen LogP contribution in [0.2, 0.25) is 0 Å². The molecule has 1 saturated heterocycles. The van der Waals surface area contributed by atoms with E-state index >= 15 is 0 Å². The largest absolute Gasteiger partial charge is 1.00 e. The quantitative estimate of drug-likeness (QED) is 0.362. The molecule has 0 radical (unpaired) electrons. The summed E-state index contributed by atoms with van der Waals surface area (Å²) in [5.74, 6) is 0. The number of hydrogen-bond donors (Lipinski definition) is 3. The predicted octanol–water partition coefficient (Wildman–Crippen LogP) is -6.48. The van der Waals surface area contributed by atoms with Gasteiger partial charge in [-0.3, -0.25) is 18.9 Å². The number of nitrogens with one attached hydrogen (secondary N) is 1. The second-order valence-corrected chi connectivity index (χ2v) is 6.17. The molecule has 2 rings (SSSR count). The van der Waals surface area contributed by atoms with Crippen molar-refractivity contribution in [2.45, 2.75) is 25.7 Å². The van der Waals surface area contributed by atoms with Crippen molar-refractivity contribution in [2.75, 3.05) is 13.0 Å². The zero-order valence-electron chi connectivity index (χ0n) is 14.7. The van der Waals surface area contributed by atoms with Crippen molar-refractivity contribution >= 4 is 7.60 Å². The van der Waals surface area contributed by atoms with E-state index in [0.717, 1.165) is 0 Å². The van der Waals surface area contributed by atoms with Crippen molar-refractivity contribution in [3.05, 3.63) is 32.6 Å². The number of H-pyrrole nitrogens is 1. The Balaban J connectivity index is -0.00000110. The SMILES string of the molecule is Cc1cn(C2CC(OCP(=O)(O)O)CO2)c(=O)[nH]c1=O.[H-].[H-].[Na+].[Na+]. The van der Waals surface area contributed by atoms with Crippen LogP contribution in [0.3, 0.4) is 0 Å². The monoisotopic (exact) mass is 354 g/mol. The third-order valence-corrected chi connectivity index (χ3v) is 3.36. The molecule has 0 saturated carbocycles. The minimum absolute atomic E-state index is 0. The van der Waals surface area contributed by atoms with E-state index in [9.17, 15) is 14.2 Å². The van der Waals surface area contributed by atoms with Crippen molar-refractivity contribution < 1.29 is 85.8 Å². The molecule has 1 aromatic rings. The van der Waals surface area contributed by atoms with Gasteiger partial charge in [0.15, 0.2) is 0 Å². The average molecular weight is 354 g/mol. The first-order valence-electron chi connectivity index (χ1n) is 5.86. The molecular formula is C10H17N2Na2O7P. The van der Waals surface area contributed by atoms with E-state index in [1.807, 2.05) is 0 Å². The molecule has 22 heavy (non-hydrogen) atoms. The Kier molecular flexibility index (Phi) is 9.61. The van der Waals surface area contributed by atoms with Gasteiger partial charge in [-0.25, -0.2) is 4.79 Å². The Morgan fingerprint density at radius 3 is 2.73 bits per heavy atom. The zero-order valence-corrected chi connectivity index (χ0v) is 17.6. The molecule has 2 heterocycles. The van der Waals surface area contributed by atoms with Crippen molar-refractivity contribution in [3.8, 4) is 0 Å². The minimum atomic E-state index is -4.23. The molecule has 1 aliphatic rings. The number of ether oxygens (including phenoxy) is 2. The molecule has 0 spiro atoms. The van der Waals surface area contributed by atoms with Gasteiger partial charge in [-0.15, -0.1) is 0 Å². The van der Waals surface area contributed by atoms with Gasteiger partial charge in [0.2, 0.25) is 0 Å². The second-order valence-electron chi connectivity index (χ2n) is 4.58. The Bertz CT molecular complexity index is 665. The van der Waals surface area contributed by atoms with E-state index in [-0.39, 0.29) is 75.0 Å². The smallest absolute Gasteiger partial charge is 1.00 e. The van der Waals surface area contributed by atoms with Gasteiger partial charge in [0.05, 0.1) is 12.7 Å². The van der Waals surface area contributed by atoms with E-state index in [1.165, 1.54) is 10.8 Å². The van der Waals surface area contributed by atoms with E-state index in [0.29, 0.717) is 5.56 Å². The standard InChI is InChI=1S/C10H15N2O7P.2Na.2H/c1-6-3-12(10(14)11-9(6)13)8-2-7(4-18-8)19-5-20(15,16)17;;;;/h3,7-8H,2,4-5H2,1H3,(H,11,13,14)(H2,15,16,17);;;;/q;2*+1;2*-1. The van der Waals surface area contributed by atoms with Gasteiger partial charge in [0.25, 0.3) is 5.56 Å². The molecule has 2 unspecified atom stereocenters. The molecule has 0 bridgehead atoms. The summed E-state index contributed by atoms with van der Waals surface area (Å²) in [6.45, 7) is 1.68. The molecule has 1 aliphatic heterocycles. The van der Waals surface area contributed by atoms with Crippen molar-refractivity contribution in [2.24, 2.45) is 0 Å². The Morgan fingerprint density at radius 2 is 2.14 bits per heavy atom. The van der Waals surface area contributed by atoms with Gasteiger partial charge in [0, 0.05) is 18.2 Å². The van der Waals surface area contributed by atoms with Crippen LogP contribution in [-0.2, 0) is 14.0 Å². The van der Waals surface area contributed by atoms with Crippen molar-refractivity contribution in [1.82, 2.24) is 9.55 Å². The van der Waals surface area contributed by atoms with Crippen LogP contribution in [0.15, 0.2) is 15.8 Å². The first kappa shape index (κ1) is 22.8. The molecule has 116 valence electrons. The molecule has 9 nitrogen and oxygen atoms in total. The zero-order chi connectivity index (χ0) is 14.9. The molecular weight excluding hydrogens is 337 g/mol.